The highest BCUT2D eigenvalue weighted by atomic mass is 35.5. The van der Waals surface area contributed by atoms with Crippen LogP contribution in [-0.2, 0) is 0 Å². The Morgan fingerprint density at radius 3 is 2.27 bits per heavy atom. The number of anilines is 1. The van der Waals surface area contributed by atoms with E-state index in [9.17, 15) is 0 Å². The lowest BCUT2D eigenvalue weighted by Gasteiger charge is -2.06. The van der Waals surface area contributed by atoms with Gasteiger partial charge in [-0.25, -0.2) is 0 Å². The summed E-state index contributed by atoms with van der Waals surface area (Å²) >= 11 is 11.9. The van der Waals surface area contributed by atoms with Crippen molar-refractivity contribution in [2.24, 2.45) is 0 Å². The largest absolute Gasteiger partial charge is 0.398 e. The topological polar surface area (TPSA) is 26.0 Å². The molecule has 0 spiro atoms. The molecule has 0 aromatic heterocycles. The molecule has 76 valence electrons. The minimum atomic E-state index is 0.561. The van der Waals surface area contributed by atoms with Crippen LogP contribution in [0.25, 0.3) is 11.1 Å². The fourth-order valence-electron chi connectivity index (χ4n) is 1.41. The Morgan fingerprint density at radius 2 is 1.60 bits per heavy atom. The molecule has 2 N–H and O–H groups in total. The molecule has 0 atom stereocenters. The van der Waals surface area contributed by atoms with E-state index in [2.05, 4.69) is 0 Å². The summed E-state index contributed by atoms with van der Waals surface area (Å²) in [6, 6.07) is 13.1. The molecule has 0 aliphatic rings. The van der Waals surface area contributed by atoms with Gasteiger partial charge in [0.05, 0.1) is 10.7 Å². The lowest BCUT2D eigenvalue weighted by atomic mass is 10.1. The Kier molecular flexibility index (Phi) is 2.85. The van der Waals surface area contributed by atoms with Gasteiger partial charge in [0, 0.05) is 10.6 Å². The van der Waals surface area contributed by atoms with Gasteiger partial charge in [0.1, 0.15) is 0 Å². The number of halogens is 2. The van der Waals surface area contributed by atoms with Crippen molar-refractivity contribution < 1.29 is 0 Å². The number of benzene rings is 2. The summed E-state index contributed by atoms with van der Waals surface area (Å²) < 4.78 is 0. The van der Waals surface area contributed by atoms with Crippen molar-refractivity contribution in [3.8, 4) is 11.1 Å². The van der Waals surface area contributed by atoms with E-state index >= 15 is 0 Å². The van der Waals surface area contributed by atoms with E-state index in [1.807, 2.05) is 36.4 Å². The van der Waals surface area contributed by atoms with Crippen LogP contribution in [0.4, 0.5) is 5.69 Å². The smallest absolute Gasteiger partial charge is 0.0635 e. The van der Waals surface area contributed by atoms with Crippen LogP contribution < -0.4 is 5.73 Å². The van der Waals surface area contributed by atoms with Gasteiger partial charge in [-0.05, 0) is 23.8 Å². The second-order valence-electron chi connectivity index (χ2n) is 3.22. The first-order valence-electron chi connectivity index (χ1n) is 4.48. The van der Waals surface area contributed by atoms with E-state index in [1.165, 1.54) is 0 Å². The van der Waals surface area contributed by atoms with Gasteiger partial charge in [0.2, 0.25) is 0 Å². The van der Waals surface area contributed by atoms with Crippen molar-refractivity contribution in [2.45, 2.75) is 0 Å². The Balaban J connectivity index is 2.55. The molecule has 15 heavy (non-hydrogen) atoms. The standard InChI is InChI=1S/C12H9Cl2N/c13-10-4-2-1-3-9(10)8-5-6-11(14)12(15)7-8/h1-7H,15H2. The van der Waals surface area contributed by atoms with Crippen molar-refractivity contribution in [2.75, 3.05) is 5.73 Å². The first-order chi connectivity index (χ1) is 7.18. The van der Waals surface area contributed by atoms with Crippen LogP contribution in [0.5, 0.6) is 0 Å². The highest BCUT2D eigenvalue weighted by Crippen LogP contribution is 2.31. The molecule has 0 fully saturated rings. The van der Waals surface area contributed by atoms with E-state index in [4.69, 9.17) is 28.9 Å². The Labute approximate surface area is 98.4 Å². The zero-order valence-corrected chi connectivity index (χ0v) is 9.39. The van der Waals surface area contributed by atoms with Crippen LogP contribution in [0.15, 0.2) is 42.5 Å². The molecule has 2 aromatic rings. The van der Waals surface area contributed by atoms with E-state index in [0.717, 1.165) is 11.1 Å². The molecule has 2 aromatic carbocycles. The summed E-state index contributed by atoms with van der Waals surface area (Å²) in [4.78, 5) is 0. The SMILES string of the molecule is Nc1cc(-c2ccccc2Cl)ccc1Cl. The molecule has 0 aliphatic heterocycles. The van der Waals surface area contributed by atoms with Gasteiger partial charge in [0.25, 0.3) is 0 Å². The minimum Gasteiger partial charge on any atom is -0.398 e. The highest BCUT2D eigenvalue weighted by Gasteiger charge is 2.04. The Morgan fingerprint density at radius 1 is 0.867 bits per heavy atom. The lowest BCUT2D eigenvalue weighted by Crippen LogP contribution is -1.87. The molecule has 0 aliphatic carbocycles. The zero-order chi connectivity index (χ0) is 10.8. The fraction of sp³-hybridized carbons (Fsp3) is 0. The Bertz CT molecular complexity index is 495. The molecule has 1 nitrogen and oxygen atoms in total. The van der Waals surface area contributed by atoms with Gasteiger partial charge in [-0.15, -0.1) is 0 Å². The van der Waals surface area contributed by atoms with Gasteiger partial charge in [-0.3, -0.25) is 0 Å². The molecule has 2 rings (SSSR count). The van der Waals surface area contributed by atoms with E-state index < -0.39 is 0 Å². The maximum Gasteiger partial charge on any atom is 0.0635 e. The van der Waals surface area contributed by atoms with E-state index in [1.54, 1.807) is 6.07 Å². The normalized spacial score (nSPS) is 10.3. The fourth-order valence-corrected chi connectivity index (χ4v) is 1.77. The molecule has 0 bridgehead atoms. The third-order valence-electron chi connectivity index (χ3n) is 2.18. The predicted molar refractivity (Wildman–Crippen MR) is 66.3 cm³/mol. The lowest BCUT2D eigenvalue weighted by molar-refractivity contribution is 1.61. The maximum atomic E-state index is 6.08. The summed E-state index contributed by atoms with van der Waals surface area (Å²) in [7, 11) is 0. The van der Waals surface area contributed by atoms with Gasteiger partial charge in [0.15, 0.2) is 0 Å². The third kappa shape index (κ3) is 2.09. The number of hydrogen-bond donors (Lipinski definition) is 1. The first-order valence-corrected chi connectivity index (χ1v) is 5.24. The molecule has 0 radical (unpaired) electrons. The van der Waals surface area contributed by atoms with Crippen LogP contribution in [0.3, 0.4) is 0 Å². The molecule has 0 amide bonds. The second-order valence-corrected chi connectivity index (χ2v) is 4.03. The molecular formula is C12H9Cl2N. The minimum absolute atomic E-state index is 0.561. The quantitative estimate of drug-likeness (QED) is 0.738. The van der Waals surface area contributed by atoms with Crippen molar-refractivity contribution in [1.82, 2.24) is 0 Å². The van der Waals surface area contributed by atoms with Gasteiger partial charge in [-0.2, -0.15) is 0 Å². The monoisotopic (exact) mass is 237 g/mol. The van der Waals surface area contributed by atoms with Gasteiger partial charge < -0.3 is 5.73 Å². The van der Waals surface area contributed by atoms with Crippen molar-refractivity contribution in [3.63, 3.8) is 0 Å². The molecule has 0 unspecified atom stereocenters. The maximum absolute atomic E-state index is 6.08. The van der Waals surface area contributed by atoms with Crippen molar-refractivity contribution in [3.05, 3.63) is 52.5 Å². The molecule has 3 heteroatoms. The number of nitrogen functional groups attached to an aromatic ring is 1. The van der Waals surface area contributed by atoms with Gasteiger partial charge in [-0.1, -0.05) is 47.5 Å². The molecule has 0 saturated carbocycles. The average Bonchev–Trinajstić information content (AvgIpc) is 2.23. The number of nitrogens with two attached hydrogens (primary N) is 1. The molecular weight excluding hydrogens is 229 g/mol. The molecule has 0 saturated heterocycles. The highest BCUT2D eigenvalue weighted by molar-refractivity contribution is 6.34. The van der Waals surface area contributed by atoms with Crippen molar-refractivity contribution in [1.29, 1.82) is 0 Å². The van der Waals surface area contributed by atoms with Gasteiger partial charge >= 0.3 is 0 Å². The number of hydrogen-bond acceptors (Lipinski definition) is 1. The van der Waals surface area contributed by atoms with Crippen molar-refractivity contribution >= 4 is 28.9 Å². The Hall–Kier alpha value is -1.18. The van der Waals surface area contributed by atoms with Crippen LogP contribution >= 0.6 is 23.2 Å². The summed E-state index contributed by atoms with van der Waals surface area (Å²) in [5.41, 5.74) is 8.23. The third-order valence-corrected chi connectivity index (χ3v) is 2.85. The summed E-state index contributed by atoms with van der Waals surface area (Å²) in [6.07, 6.45) is 0. The summed E-state index contributed by atoms with van der Waals surface area (Å²) in [5.74, 6) is 0. The molecule has 0 heterocycles. The summed E-state index contributed by atoms with van der Waals surface area (Å²) in [5, 5.41) is 1.27. The number of rotatable bonds is 1. The average molecular weight is 238 g/mol. The predicted octanol–water partition coefficient (Wildman–Crippen LogP) is 4.24. The van der Waals surface area contributed by atoms with E-state index in [0.29, 0.717) is 15.7 Å². The van der Waals surface area contributed by atoms with Crippen LogP contribution in [-0.4, -0.2) is 0 Å². The van der Waals surface area contributed by atoms with Crippen LogP contribution in [0.1, 0.15) is 0 Å². The zero-order valence-electron chi connectivity index (χ0n) is 7.87. The summed E-state index contributed by atoms with van der Waals surface area (Å²) in [6.45, 7) is 0. The van der Waals surface area contributed by atoms with E-state index in [-0.39, 0.29) is 0 Å². The van der Waals surface area contributed by atoms with Crippen LogP contribution in [0, 0.1) is 0 Å². The first kappa shape index (κ1) is 10.3. The van der Waals surface area contributed by atoms with Crippen LogP contribution in [0.2, 0.25) is 10.0 Å². The second kappa shape index (κ2) is 4.13.